The lowest BCUT2D eigenvalue weighted by Crippen LogP contribution is -2.41. The van der Waals surface area contributed by atoms with Gasteiger partial charge in [-0.15, -0.1) is 0 Å². The molecule has 0 saturated heterocycles. The summed E-state index contributed by atoms with van der Waals surface area (Å²) in [6, 6.07) is 0.270. The summed E-state index contributed by atoms with van der Waals surface area (Å²) in [5, 5.41) is 0. The Balaban J connectivity index is 5.17. The standard InChI is InChI=1S/C58H112N2O5/c1-8-13-18-19-20-21-23-32-42-55(43-33-25-26-35-46-58(63)65-52-48-54(40-30-16-11-4)41-31-17-12-5)60(56(61)44-37-49-59(6)7)50-36-27-22-24-34-45-57(62)64-51-47-53(38-28-14-9-2)39-29-15-10-3/h35,46,53-55H,8-34,36-45,47-52H2,1-7H3. The fourth-order valence-corrected chi connectivity index (χ4v) is 9.46. The van der Waals surface area contributed by atoms with Crippen LogP contribution in [0.4, 0.5) is 0 Å². The lowest BCUT2D eigenvalue weighted by atomic mass is 9.92. The van der Waals surface area contributed by atoms with Gasteiger partial charge in [0.25, 0.3) is 0 Å². The second-order valence-electron chi connectivity index (χ2n) is 20.3. The fourth-order valence-electron chi connectivity index (χ4n) is 9.46. The van der Waals surface area contributed by atoms with Gasteiger partial charge in [-0.05, 0) is 90.3 Å². The van der Waals surface area contributed by atoms with E-state index < -0.39 is 0 Å². The van der Waals surface area contributed by atoms with Crippen LogP contribution in [0.2, 0.25) is 0 Å². The van der Waals surface area contributed by atoms with Crippen molar-refractivity contribution in [2.45, 2.75) is 291 Å². The topological polar surface area (TPSA) is 76.1 Å². The zero-order valence-corrected chi connectivity index (χ0v) is 44.7. The molecule has 0 aromatic carbocycles. The average molecular weight is 918 g/mol. The van der Waals surface area contributed by atoms with Crippen molar-refractivity contribution in [1.29, 1.82) is 0 Å². The molecule has 0 aromatic heterocycles. The third kappa shape index (κ3) is 42.0. The molecule has 1 unspecified atom stereocenters. The quantitative estimate of drug-likeness (QED) is 0.0344. The van der Waals surface area contributed by atoms with Crippen molar-refractivity contribution in [3.05, 3.63) is 12.2 Å². The van der Waals surface area contributed by atoms with Gasteiger partial charge in [-0.25, -0.2) is 4.79 Å². The molecule has 0 aliphatic rings. The lowest BCUT2D eigenvalue weighted by Gasteiger charge is -2.33. The molecule has 384 valence electrons. The van der Waals surface area contributed by atoms with E-state index in [1.165, 1.54) is 154 Å². The predicted octanol–water partition coefficient (Wildman–Crippen LogP) is 16.9. The molecule has 7 nitrogen and oxygen atoms in total. The Bertz CT molecular complexity index is 1060. The summed E-state index contributed by atoms with van der Waals surface area (Å²) in [5.74, 6) is 1.43. The molecule has 0 fully saturated rings. The molecule has 65 heavy (non-hydrogen) atoms. The molecule has 0 rings (SSSR count). The number of hydrogen-bond acceptors (Lipinski definition) is 6. The number of carbonyl (C=O) groups excluding carboxylic acids is 3. The molecule has 1 amide bonds. The Morgan fingerprint density at radius 1 is 0.431 bits per heavy atom. The minimum atomic E-state index is -0.206. The number of carbonyl (C=O) groups is 3. The Morgan fingerprint density at radius 3 is 1.38 bits per heavy atom. The number of hydrogen-bond donors (Lipinski definition) is 0. The molecule has 0 saturated carbocycles. The van der Waals surface area contributed by atoms with Gasteiger partial charge in [0.05, 0.1) is 13.2 Å². The van der Waals surface area contributed by atoms with Crippen molar-refractivity contribution in [3.8, 4) is 0 Å². The van der Waals surface area contributed by atoms with Crippen LogP contribution in [-0.4, -0.2) is 74.1 Å². The molecule has 7 heteroatoms. The highest BCUT2D eigenvalue weighted by atomic mass is 16.5. The van der Waals surface area contributed by atoms with E-state index in [0.717, 1.165) is 96.6 Å². The van der Waals surface area contributed by atoms with Gasteiger partial charge in [0, 0.05) is 31.5 Å². The highest BCUT2D eigenvalue weighted by Gasteiger charge is 2.23. The zero-order chi connectivity index (χ0) is 47.9. The summed E-state index contributed by atoms with van der Waals surface area (Å²) >= 11 is 0. The van der Waals surface area contributed by atoms with Crippen LogP contribution in [0.1, 0.15) is 285 Å². The van der Waals surface area contributed by atoms with Crippen LogP contribution in [0.3, 0.4) is 0 Å². The second kappa shape index (κ2) is 48.6. The first-order valence-electron chi connectivity index (χ1n) is 28.6. The van der Waals surface area contributed by atoms with Crippen LogP contribution in [0.15, 0.2) is 12.2 Å². The van der Waals surface area contributed by atoms with E-state index in [1.807, 2.05) is 6.08 Å². The maximum absolute atomic E-state index is 14.0. The van der Waals surface area contributed by atoms with Crippen LogP contribution >= 0.6 is 0 Å². The van der Waals surface area contributed by atoms with Gasteiger partial charge in [-0.2, -0.15) is 0 Å². The Kier molecular flexibility index (Phi) is 47.2. The van der Waals surface area contributed by atoms with E-state index in [2.05, 4.69) is 58.5 Å². The first kappa shape index (κ1) is 63.1. The molecular formula is C58H112N2O5. The van der Waals surface area contributed by atoms with Gasteiger partial charge in [0.1, 0.15) is 0 Å². The number of nitrogens with zero attached hydrogens (tertiary/aromatic N) is 2. The maximum Gasteiger partial charge on any atom is 0.330 e. The van der Waals surface area contributed by atoms with E-state index in [0.29, 0.717) is 43.8 Å². The zero-order valence-electron chi connectivity index (χ0n) is 44.7. The molecule has 0 aliphatic carbocycles. The van der Waals surface area contributed by atoms with E-state index in [4.69, 9.17) is 9.47 Å². The molecule has 1 atom stereocenters. The van der Waals surface area contributed by atoms with Gasteiger partial charge >= 0.3 is 11.9 Å². The van der Waals surface area contributed by atoms with Crippen molar-refractivity contribution in [3.63, 3.8) is 0 Å². The molecular weight excluding hydrogens is 805 g/mol. The Morgan fingerprint density at radius 2 is 0.862 bits per heavy atom. The minimum absolute atomic E-state index is 0.0331. The summed E-state index contributed by atoms with van der Waals surface area (Å²) in [5.41, 5.74) is 0. The highest BCUT2D eigenvalue weighted by molar-refractivity contribution is 5.81. The van der Waals surface area contributed by atoms with Gasteiger partial charge < -0.3 is 19.3 Å². The summed E-state index contributed by atoms with van der Waals surface area (Å²) in [7, 11) is 4.17. The molecule has 0 aliphatic heterocycles. The van der Waals surface area contributed by atoms with Crippen LogP contribution in [0.5, 0.6) is 0 Å². The van der Waals surface area contributed by atoms with E-state index >= 15 is 0 Å². The third-order valence-electron chi connectivity index (χ3n) is 13.8. The monoisotopic (exact) mass is 917 g/mol. The second-order valence-corrected chi connectivity index (χ2v) is 20.3. The first-order valence-corrected chi connectivity index (χ1v) is 28.6. The van der Waals surface area contributed by atoms with Crippen LogP contribution in [0.25, 0.3) is 0 Å². The summed E-state index contributed by atoms with van der Waals surface area (Å²) in [6.07, 6.45) is 48.5. The van der Waals surface area contributed by atoms with Crippen molar-refractivity contribution in [1.82, 2.24) is 9.80 Å². The van der Waals surface area contributed by atoms with Gasteiger partial charge in [0.2, 0.25) is 5.91 Å². The smallest absolute Gasteiger partial charge is 0.330 e. The molecule has 0 radical (unpaired) electrons. The minimum Gasteiger partial charge on any atom is -0.466 e. The largest absolute Gasteiger partial charge is 0.466 e. The lowest BCUT2D eigenvalue weighted by molar-refractivity contribution is -0.144. The molecule has 0 N–H and O–H groups in total. The fraction of sp³-hybridized carbons (Fsp3) is 0.914. The maximum atomic E-state index is 14.0. The first-order chi connectivity index (χ1) is 31.7. The van der Waals surface area contributed by atoms with Gasteiger partial charge in [-0.1, -0.05) is 220 Å². The van der Waals surface area contributed by atoms with E-state index in [1.54, 1.807) is 6.08 Å². The van der Waals surface area contributed by atoms with Crippen molar-refractivity contribution >= 4 is 17.8 Å². The van der Waals surface area contributed by atoms with Crippen LogP contribution in [-0.2, 0) is 23.9 Å². The molecule has 0 spiro atoms. The summed E-state index contributed by atoms with van der Waals surface area (Å²) in [6.45, 7) is 14.2. The number of esters is 2. The van der Waals surface area contributed by atoms with E-state index in [9.17, 15) is 14.4 Å². The molecule has 0 bridgehead atoms. The number of allylic oxidation sites excluding steroid dienone is 1. The number of ether oxygens (including phenoxy) is 2. The predicted molar refractivity (Wildman–Crippen MR) is 281 cm³/mol. The van der Waals surface area contributed by atoms with Gasteiger partial charge in [-0.3, -0.25) is 9.59 Å². The number of amides is 1. The van der Waals surface area contributed by atoms with Crippen LogP contribution < -0.4 is 0 Å². The Hall–Kier alpha value is -1.89. The number of unbranched alkanes of at least 4 members (excludes halogenated alkanes) is 21. The average Bonchev–Trinajstić information content (AvgIpc) is 3.28. The van der Waals surface area contributed by atoms with Crippen molar-refractivity contribution in [2.75, 3.05) is 40.4 Å². The van der Waals surface area contributed by atoms with Crippen LogP contribution in [0, 0.1) is 11.8 Å². The normalized spacial score (nSPS) is 12.3. The van der Waals surface area contributed by atoms with Gasteiger partial charge in [0.15, 0.2) is 0 Å². The van der Waals surface area contributed by atoms with Crippen molar-refractivity contribution < 1.29 is 23.9 Å². The SMILES string of the molecule is CCCCCCCCCCC(CCCCC=CC(=O)OCCC(CCCCC)CCCCC)N(CCCCCCCC(=O)OCCC(CCCCC)CCCCC)C(=O)CCCN(C)C. The molecule has 0 heterocycles. The molecule has 0 aromatic rings. The van der Waals surface area contributed by atoms with Crippen molar-refractivity contribution in [2.24, 2.45) is 11.8 Å². The highest BCUT2D eigenvalue weighted by Crippen LogP contribution is 2.24. The summed E-state index contributed by atoms with van der Waals surface area (Å²) in [4.78, 5) is 43.6. The Labute approximate surface area is 405 Å². The third-order valence-corrected chi connectivity index (χ3v) is 13.8. The van der Waals surface area contributed by atoms with E-state index in [-0.39, 0.29) is 18.0 Å². The number of rotatable bonds is 50. The summed E-state index contributed by atoms with van der Waals surface area (Å²) < 4.78 is 11.4.